The number of fused-ring (bicyclic) bond motifs is 4. The molecule has 78 heavy (non-hydrogen) atoms. The van der Waals surface area contributed by atoms with Gasteiger partial charge in [0.2, 0.25) is 6.04 Å². The number of carboxylic acids is 1. The number of nitrogens with zero attached hydrogens (tertiary/aromatic N) is 9. The van der Waals surface area contributed by atoms with E-state index in [0.29, 0.717) is 34.0 Å². The van der Waals surface area contributed by atoms with E-state index in [4.69, 9.17) is 19.1 Å². The summed E-state index contributed by atoms with van der Waals surface area (Å²) in [5.74, 6) is -2.70. The third kappa shape index (κ3) is 10.7. The number of H-pyrrole nitrogens is 1. The lowest BCUT2D eigenvalue weighted by atomic mass is 10.1. The van der Waals surface area contributed by atoms with Crippen LogP contribution in [0.2, 0.25) is 0 Å². The number of hydrazone groups is 1. The van der Waals surface area contributed by atoms with Crippen molar-refractivity contribution in [1.82, 2.24) is 9.97 Å². The van der Waals surface area contributed by atoms with E-state index in [-0.39, 0.29) is 78.1 Å². The first-order chi connectivity index (χ1) is 37.0. The van der Waals surface area contributed by atoms with Crippen LogP contribution in [0.5, 0.6) is 17.2 Å². The van der Waals surface area contributed by atoms with Gasteiger partial charge in [-0.05, 0) is 97.4 Å². The Bertz CT molecular complexity index is 4310. The van der Waals surface area contributed by atoms with Gasteiger partial charge in [-0.2, -0.15) is 45.6 Å². The summed E-state index contributed by atoms with van der Waals surface area (Å²) in [5, 5.41) is 64.8. The molecule has 1 unspecified atom stereocenters. The van der Waals surface area contributed by atoms with E-state index < -0.39 is 74.4 Å². The predicted octanol–water partition coefficient (Wildman–Crippen LogP) is 9.51. The number of anilines is 1. The Morgan fingerprint density at radius 1 is 0.705 bits per heavy atom. The molecule has 9 rings (SSSR count). The minimum atomic E-state index is -4.80. The van der Waals surface area contributed by atoms with Gasteiger partial charge in [0.25, 0.3) is 36.3 Å². The van der Waals surface area contributed by atoms with Crippen molar-refractivity contribution in [2.24, 2.45) is 35.8 Å². The van der Waals surface area contributed by atoms with E-state index in [0.717, 1.165) is 29.3 Å². The number of imidazole rings is 1. The summed E-state index contributed by atoms with van der Waals surface area (Å²) in [6.07, 6.45) is 0. The summed E-state index contributed by atoms with van der Waals surface area (Å²) in [7, 11) is -11.7. The van der Waals surface area contributed by atoms with Crippen LogP contribution in [0.15, 0.2) is 158 Å². The second-order valence-corrected chi connectivity index (χ2v) is 21.2. The number of carbonyl (C=O) groups is 2. The van der Waals surface area contributed by atoms with E-state index in [1.54, 1.807) is 18.2 Å². The Labute approximate surface area is 442 Å². The first kappa shape index (κ1) is 54.1. The molecule has 1 aliphatic rings. The highest BCUT2D eigenvalue weighted by atomic mass is 32.2. The lowest BCUT2D eigenvalue weighted by molar-refractivity contribution is -0.432. The number of hydrogen-bond acceptors (Lipinski definition) is 23. The molecule has 1 amide bonds. The Balaban J connectivity index is 1.03. The number of amides is 1. The number of phenols is 1. The molecule has 1 aliphatic heterocycles. The zero-order valence-corrected chi connectivity index (χ0v) is 42.9. The maximum atomic E-state index is 13.6. The van der Waals surface area contributed by atoms with E-state index in [9.17, 15) is 58.7 Å². The molecule has 32 heteroatoms. The number of methoxy groups -OCH3 is 2. The fourth-order valence-electron chi connectivity index (χ4n) is 7.95. The van der Waals surface area contributed by atoms with Crippen LogP contribution in [0.4, 0.5) is 34.1 Å². The minimum absolute atomic E-state index is 0.00648. The highest BCUT2D eigenvalue weighted by Gasteiger charge is 2.41. The summed E-state index contributed by atoms with van der Waals surface area (Å²) in [5.41, 5.74) is 0.170. The van der Waals surface area contributed by atoms with Crippen molar-refractivity contribution in [3.8, 4) is 28.6 Å². The van der Waals surface area contributed by atoms with Gasteiger partial charge < -0.3 is 24.7 Å². The number of azo groups is 3. The van der Waals surface area contributed by atoms with Gasteiger partial charge in [0.1, 0.15) is 44.2 Å². The van der Waals surface area contributed by atoms with Crippen LogP contribution >= 0.6 is 12.0 Å². The molecule has 0 bridgehead atoms. The standard InChI is InChI=1S/C46H34N10O18S4/c1-21-16-34(35(72-3)20-37(21)77(65,66)67)52-54-41-42(46(59)60)55-56(45(41)58)23-6-4-22(5-7-23)44-47-33-13-11-27-29(39(33)48-44)19-36(75-74-73-61)40(43(27)57)53-50-31-15-14-30(26-10-9-25(18-28(26)31)76(62,63)64)49-51-32-12-8-24(71-2)17-38(32)78(68,69)70/h4-20,41,57,61H,1-3H3,(H,47,48)(H,59,60)(H,62,63,64)(H,65,66,67)(H,68,69,70)/b51-49+,53-50+,54-52+. The van der Waals surface area contributed by atoms with Crippen molar-refractivity contribution in [2.75, 3.05) is 19.2 Å². The van der Waals surface area contributed by atoms with Crippen molar-refractivity contribution in [1.29, 1.82) is 0 Å². The molecule has 0 radical (unpaired) electrons. The van der Waals surface area contributed by atoms with Crippen molar-refractivity contribution >= 4 is 127 Å². The van der Waals surface area contributed by atoms with E-state index in [2.05, 4.69) is 50.8 Å². The average molecular weight is 1140 g/mol. The highest BCUT2D eigenvalue weighted by molar-refractivity contribution is 7.94. The second-order valence-electron chi connectivity index (χ2n) is 16.3. The number of carbonyl (C=O) groups excluding carboxylic acids is 1. The zero-order chi connectivity index (χ0) is 56.0. The monoisotopic (exact) mass is 1140 g/mol. The number of nitrogens with one attached hydrogen (secondary N) is 1. The van der Waals surface area contributed by atoms with Crippen LogP contribution in [-0.2, 0) is 49.3 Å². The molecule has 0 fully saturated rings. The molecule has 0 spiro atoms. The summed E-state index contributed by atoms with van der Waals surface area (Å²) >= 11 is 0.411. The molecule has 0 saturated heterocycles. The van der Waals surface area contributed by atoms with Crippen LogP contribution in [0.25, 0.3) is 44.0 Å². The number of phenolic OH excluding ortho intramolecular Hbond substituents is 1. The van der Waals surface area contributed by atoms with Crippen LogP contribution < -0.4 is 14.5 Å². The van der Waals surface area contributed by atoms with Gasteiger partial charge in [0.05, 0.1) is 64.1 Å². The molecule has 400 valence electrons. The Morgan fingerprint density at radius 2 is 1.37 bits per heavy atom. The van der Waals surface area contributed by atoms with Crippen molar-refractivity contribution in [2.45, 2.75) is 32.5 Å². The molecule has 1 aromatic heterocycles. The topological polar surface area (TPSA) is 413 Å². The molecule has 0 aliphatic carbocycles. The van der Waals surface area contributed by atoms with Gasteiger partial charge in [0.15, 0.2) is 11.5 Å². The number of carboxylic acid groups (broad SMARTS) is 1. The molecule has 2 heterocycles. The van der Waals surface area contributed by atoms with Crippen LogP contribution in [0.1, 0.15) is 5.56 Å². The molecule has 0 saturated carbocycles. The lowest BCUT2D eigenvalue weighted by Gasteiger charge is -2.13. The molecular formula is C46H34N10O18S4. The first-order valence-corrected chi connectivity index (χ1v) is 26.7. The number of aryl methyl sites for hydroxylation is 1. The number of aromatic hydroxyl groups is 1. The summed E-state index contributed by atoms with van der Waals surface area (Å²) < 4.78 is 117. The van der Waals surface area contributed by atoms with E-state index in [1.165, 1.54) is 81.8 Å². The maximum absolute atomic E-state index is 13.6. The largest absolute Gasteiger partial charge is 0.505 e. The number of hydrogen-bond donors (Lipinski definition) is 7. The summed E-state index contributed by atoms with van der Waals surface area (Å²) in [4.78, 5) is 32.1. The van der Waals surface area contributed by atoms with Crippen LogP contribution in [0, 0.1) is 6.92 Å². The molecule has 28 nitrogen and oxygen atoms in total. The van der Waals surface area contributed by atoms with Crippen molar-refractivity contribution < 1.29 is 82.8 Å². The molecule has 7 N–H and O–H groups in total. The zero-order valence-electron chi connectivity index (χ0n) is 39.6. The van der Waals surface area contributed by atoms with Gasteiger partial charge in [-0.1, -0.05) is 11.1 Å². The number of aliphatic carboxylic acids is 1. The van der Waals surface area contributed by atoms with Gasteiger partial charge in [0, 0.05) is 39.2 Å². The number of ether oxygens (including phenoxy) is 2. The molecule has 7 aromatic carbocycles. The number of aromatic amines is 1. The number of benzene rings is 7. The van der Waals surface area contributed by atoms with Gasteiger partial charge in [-0.15, -0.1) is 24.8 Å². The average Bonchev–Trinajstić information content (AvgIpc) is 4.12. The normalized spacial score (nSPS) is 14.5. The second kappa shape index (κ2) is 21.0. The smallest absolute Gasteiger partial charge is 0.355 e. The van der Waals surface area contributed by atoms with Gasteiger partial charge in [-0.25, -0.2) is 15.0 Å². The molecule has 1 atom stereocenters. The minimum Gasteiger partial charge on any atom is -0.505 e. The summed E-state index contributed by atoms with van der Waals surface area (Å²) in [6, 6.07) is 20.9. The fraction of sp³-hybridized carbons (Fsp3) is 0.0870. The van der Waals surface area contributed by atoms with Gasteiger partial charge >= 0.3 is 5.97 Å². The maximum Gasteiger partial charge on any atom is 0.355 e. The van der Waals surface area contributed by atoms with E-state index >= 15 is 0 Å². The lowest BCUT2D eigenvalue weighted by Crippen LogP contribution is -2.33. The Kier molecular flexibility index (Phi) is 14.6. The Morgan fingerprint density at radius 3 is 2.03 bits per heavy atom. The highest BCUT2D eigenvalue weighted by Crippen LogP contribution is 2.47. The van der Waals surface area contributed by atoms with Crippen molar-refractivity contribution in [3.63, 3.8) is 0 Å². The fourth-order valence-corrected chi connectivity index (χ4v) is 10.3. The number of aromatic nitrogens is 2. The van der Waals surface area contributed by atoms with E-state index in [1.807, 2.05) is 0 Å². The van der Waals surface area contributed by atoms with Crippen LogP contribution in [0.3, 0.4) is 0 Å². The molecule has 8 aromatic rings. The third-order valence-corrected chi connectivity index (χ3v) is 14.9. The quantitative estimate of drug-likeness (QED) is 0.0147. The first-order valence-electron chi connectivity index (χ1n) is 21.7. The predicted molar refractivity (Wildman–Crippen MR) is 275 cm³/mol. The SMILES string of the molecule is COc1ccc(/N=N/c2ccc(/N=N/c3c(SOOO)cc4c(ccc5nc(-c6ccc(N7N=C(C(=O)O)C(/N=N/c8cc(C)c(S(=O)(=O)O)cc8OC)C7=O)cc6)[nH]c54)c3O)c3cc(S(=O)(=O)O)ccc23)c(S(=O)(=O)O)c1. The summed E-state index contributed by atoms with van der Waals surface area (Å²) in [6.45, 7) is 1.37. The van der Waals surface area contributed by atoms with Crippen molar-refractivity contribution in [3.05, 3.63) is 109 Å². The third-order valence-electron chi connectivity index (χ3n) is 11.6. The number of rotatable bonds is 17. The molecular weight excluding hydrogens is 1110 g/mol. The Hall–Kier alpha value is -8.70. The van der Waals surface area contributed by atoms with Gasteiger partial charge in [-0.3, -0.25) is 18.5 Å². The van der Waals surface area contributed by atoms with Crippen LogP contribution in [-0.4, -0.2) is 102 Å².